The van der Waals surface area contributed by atoms with Gasteiger partial charge in [-0.1, -0.05) is 37.6 Å². The highest BCUT2D eigenvalue weighted by Gasteiger charge is 2.37. The number of benzene rings is 1. The van der Waals surface area contributed by atoms with Gasteiger partial charge in [-0.05, 0) is 61.5 Å². The van der Waals surface area contributed by atoms with Crippen LogP contribution >= 0.6 is 11.8 Å². The third-order valence-corrected chi connectivity index (χ3v) is 7.60. The molecule has 0 atom stereocenters. The first-order chi connectivity index (χ1) is 15.2. The van der Waals surface area contributed by atoms with E-state index in [4.69, 9.17) is 0 Å². The number of alkyl halides is 1. The molecule has 0 aliphatic carbocycles. The van der Waals surface area contributed by atoms with E-state index in [0.29, 0.717) is 0 Å². The van der Waals surface area contributed by atoms with Crippen LogP contribution in [0.1, 0.15) is 44.6 Å². The van der Waals surface area contributed by atoms with Gasteiger partial charge in [-0.2, -0.15) is 17.0 Å². The first-order valence-corrected chi connectivity index (χ1v) is 12.7. The minimum atomic E-state index is -0.220. The Balaban J connectivity index is 1.91. The van der Waals surface area contributed by atoms with Crippen LogP contribution < -0.4 is 4.90 Å². The molecule has 1 aromatic rings. The van der Waals surface area contributed by atoms with Crippen molar-refractivity contribution in [3.63, 3.8) is 0 Å². The fourth-order valence-corrected chi connectivity index (χ4v) is 5.87. The van der Waals surface area contributed by atoms with Gasteiger partial charge in [0, 0.05) is 24.4 Å². The molecule has 2 saturated heterocycles. The van der Waals surface area contributed by atoms with Crippen molar-refractivity contribution in [3.8, 4) is 6.07 Å². The molecule has 4 rings (SSSR count). The zero-order valence-electron chi connectivity index (χ0n) is 18.7. The third kappa shape index (κ3) is 4.28. The molecule has 164 valence electrons. The second kappa shape index (κ2) is 9.96. The number of halogens is 1. The average molecular weight is 438 g/mol. The molecule has 0 radical (unpaired) electrons. The van der Waals surface area contributed by atoms with Crippen molar-refractivity contribution in [2.45, 2.75) is 46.0 Å². The lowest BCUT2D eigenvalue weighted by atomic mass is 9.89. The maximum absolute atomic E-state index is 13.3. The molecule has 5 heteroatoms. The number of thioether (sulfide) groups is 1. The number of unbranched alkanes of at least 4 members (excludes halogenated alkanes) is 1. The number of aryl methyl sites for hydroxylation is 1. The summed E-state index contributed by atoms with van der Waals surface area (Å²) in [6.45, 7) is 5.85. The fraction of sp³-hybridized carbons (Fsp3) is 0.500. The normalized spacial score (nSPS) is 21.5. The number of rotatable bonds is 5. The van der Waals surface area contributed by atoms with Crippen LogP contribution in [0.3, 0.4) is 0 Å². The van der Waals surface area contributed by atoms with Crippen molar-refractivity contribution < 1.29 is 4.39 Å². The standard InChI is InChI=1S/C26H32FN3S/c1-3-4-8-25-22(17-28)21-12-15-31-18-23(21)26(29-13-10-20(16-27)11-14-29)30(25)24-9-6-5-7-19(24)2/h5-9,20H,3-4,10-16,18H2,1-2H3/b25-8+. The van der Waals surface area contributed by atoms with Crippen LogP contribution in [0, 0.1) is 24.2 Å². The molecule has 3 aliphatic heterocycles. The van der Waals surface area contributed by atoms with Crippen molar-refractivity contribution in [2.24, 2.45) is 5.92 Å². The van der Waals surface area contributed by atoms with E-state index in [0.717, 1.165) is 73.7 Å². The Hall–Kier alpha value is -2.19. The highest BCUT2D eigenvalue weighted by molar-refractivity contribution is 7.99. The molecule has 1 aromatic carbocycles. The van der Waals surface area contributed by atoms with Gasteiger partial charge >= 0.3 is 0 Å². The van der Waals surface area contributed by atoms with Crippen LogP contribution in [0.4, 0.5) is 10.1 Å². The minimum absolute atomic E-state index is 0.179. The lowest BCUT2D eigenvalue weighted by Crippen LogP contribution is -2.44. The van der Waals surface area contributed by atoms with Crippen molar-refractivity contribution in [3.05, 3.63) is 64.1 Å². The number of hydrogen-bond acceptors (Lipinski definition) is 4. The van der Waals surface area contributed by atoms with Crippen molar-refractivity contribution >= 4 is 17.4 Å². The van der Waals surface area contributed by atoms with E-state index >= 15 is 0 Å². The number of nitriles is 1. The van der Waals surface area contributed by atoms with E-state index < -0.39 is 0 Å². The molecule has 3 aliphatic rings. The summed E-state index contributed by atoms with van der Waals surface area (Å²) in [6.07, 6.45) is 6.96. The van der Waals surface area contributed by atoms with Gasteiger partial charge in [0.15, 0.2) is 0 Å². The summed E-state index contributed by atoms with van der Waals surface area (Å²) in [6, 6.07) is 11.0. The predicted octanol–water partition coefficient (Wildman–Crippen LogP) is 6.35. The topological polar surface area (TPSA) is 30.3 Å². The SMILES string of the molecule is CCC/C=C1\C(C#N)=C2CCSCC2=C(N2CCC(CF)CC2)N1c1ccccc1C. The molecular weight excluding hydrogens is 405 g/mol. The zero-order chi connectivity index (χ0) is 21.8. The molecule has 0 spiro atoms. The number of fused-ring (bicyclic) bond motifs is 1. The second-order valence-corrected chi connectivity index (χ2v) is 9.76. The summed E-state index contributed by atoms with van der Waals surface area (Å²) in [7, 11) is 0. The van der Waals surface area contributed by atoms with Gasteiger partial charge in [0.1, 0.15) is 11.9 Å². The molecular formula is C26H32FN3S. The molecule has 0 saturated carbocycles. The van der Waals surface area contributed by atoms with Crippen molar-refractivity contribution in [1.82, 2.24) is 4.90 Å². The van der Waals surface area contributed by atoms with Gasteiger partial charge in [-0.25, -0.2) is 0 Å². The van der Waals surface area contributed by atoms with E-state index in [9.17, 15) is 9.65 Å². The Morgan fingerprint density at radius 3 is 2.68 bits per heavy atom. The number of likely N-dealkylation sites (tertiary alicyclic amines) is 1. The molecule has 0 unspecified atom stereocenters. The maximum Gasteiger partial charge on any atom is 0.118 e. The van der Waals surface area contributed by atoms with Crippen LogP contribution in [0.5, 0.6) is 0 Å². The minimum Gasteiger partial charge on any atom is -0.357 e. The summed E-state index contributed by atoms with van der Waals surface area (Å²) >= 11 is 1.95. The van der Waals surface area contributed by atoms with E-state index in [2.05, 4.69) is 60.1 Å². The van der Waals surface area contributed by atoms with Crippen LogP contribution in [0.2, 0.25) is 0 Å². The molecule has 2 fully saturated rings. The largest absolute Gasteiger partial charge is 0.357 e. The Kier molecular flexibility index (Phi) is 7.07. The van der Waals surface area contributed by atoms with Crippen LogP contribution in [0.25, 0.3) is 0 Å². The van der Waals surface area contributed by atoms with E-state index in [1.54, 1.807) is 0 Å². The Labute approximate surface area is 190 Å². The Morgan fingerprint density at radius 2 is 2.00 bits per heavy atom. The van der Waals surface area contributed by atoms with Gasteiger partial charge in [-0.3, -0.25) is 9.29 Å². The van der Waals surface area contributed by atoms with E-state index in [1.165, 1.54) is 22.5 Å². The van der Waals surface area contributed by atoms with Crippen LogP contribution in [0.15, 0.2) is 58.6 Å². The van der Waals surface area contributed by atoms with Gasteiger partial charge in [0.05, 0.1) is 23.6 Å². The molecule has 0 N–H and O–H groups in total. The highest BCUT2D eigenvalue weighted by Crippen LogP contribution is 2.45. The molecule has 0 amide bonds. The molecule has 0 aromatic heterocycles. The first-order valence-electron chi connectivity index (χ1n) is 11.5. The van der Waals surface area contributed by atoms with E-state index in [-0.39, 0.29) is 12.6 Å². The third-order valence-electron chi connectivity index (χ3n) is 6.61. The van der Waals surface area contributed by atoms with Crippen molar-refractivity contribution in [1.29, 1.82) is 5.26 Å². The quantitative estimate of drug-likeness (QED) is 0.537. The summed E-state index contributed by atoms with van der Waals surface area (Å²) < 4.78 is 13.3. The fourth-order valence-electron chi connectivity index (χ4n) is 4.87. The van der Waals surface area contributed by atoms with Gasteiger partial charge in [0.2, 0.25) is 0 Å². The van der Waals surface area contributed by atoms with Gasteiger partial charge < -0.3 is 4.90 Å². The number of hydrogen-bond donors (Lipinski definition) is 0. The molecule has 3 nitrogen and oxygen atoms in total. The lowest BCUT2D eigenvalue weighted by molar-refractivity contribution is 0.194. The monoisotopic (exact) mass is 437 g/mol. The average Bonchev–Trinajstić information content (AvgIpc) is 2.82. The highest BCUT2D eigenvalue weighted by atomic mass is 32.2. The van der Waals surface area contributed by atoms with Gasteiger partial charge in [-0.15, -0.1) is 0 Å². The molecule has 0 bridgehead atoms. The summed E-state index contributed by atoms with van der Waals surface area (Å²) in [4.78, 5) is 4.82. The lowest BCUT2D eigenvalue weighted by Gasteiger charge is -2.45. The number of piperidine rings is 1. The first kappa shape index (κ1) is 22.0. The Bertz CT molecular complexity index is 948. The number of para-hydroxylation sites is 1. The second-order valence-electron chi connectivity index (χ2n) is 8.65. The number of allylic oxidation sites excluding steroid dienone is 3. The zero-order valence-corrected chi connectivity index (χ0v) is 19.5. The van der Waals surface area contributed by atoms with Gasteiger partial charge in [0.25, 0.3) is 0 Å². The smallest absolute Gasteiger partial charge is 0.118 e. The van der Waals surface area contributed by atoms with Crippen LogP contribution in [-0.4, -0.2) is 36.2 Å². The summed E-state index contributed by atoms with van der Waals surface area (Å²) in [5, 5.41) is 10.2. The van der Waals surface area contributed by atoms with E-state index in [1.807, 2.05) is 11.8 Å². The number of anilines is 1. The number of nitrogens with zero attached hydrogens (tertiary/aromatic N) is 3. The predicted molar refractivity (Wildman–Crippen MR) is 129 cm³/mol. The Morgan fingerprint density at radius 1 is 1.23 bits per heavy atom. The van der Waals surface area contributed by atoms with Crippen molar-refractivity contribution in [2.75, 3.05) is 36.2 Å². The van der Waals surface area contributed by atoms with Crippen LogP contribution in [-0.2, 0) is 0 Å². The summed E-state index contributed by atoms with van der Waals surface area (Å²) in [5.41, 5.74) is 6.76. The maximum atomic E-state index is 13.3. The molecule has 31 heavy (non-hydrogen) atoms. The molecule has 3 heterocycles. The summed E-state index contributed by atoms with van der Waals surface area (Å²) in [5.74, 6) is 3.41.